The maximum atomic E-state index is 6.02. The first kappa shape index (κ1) is 17.4. The zero-order valence-corrected chi connectivity index (χ0v) is 16.7. The summed E-state index contributed by atoms with van der Waals surface area (Å²) in [4.78, 5) is 2.30. The number of halogens is 1. The zero-order valence-electron chi connectivity index (χ0n) is 15.1. The third kappa shape index (κ3) is 3.33. The van der Waals surface area contributed by atoms with Gasteiger partial charge in [-0.1, -0.05) is 68.4 Å². The van der Waals surface area contributed by atoms with E-state index in [2.05, 4.69) is 76.8 Å². The molecule has 0 fully saturated rings. The van der Waals surface area contributed by atoms with Crippen LogP contribution in [0.2, 0.25) is 5.02 Å². The van der Waals surface area contributed by atoms with Crippen LogP contribution in [-0.4, -0.2) is 20.6 Å². The lowest BCUT2D eigenvalue weighted by Crippen LogP contribution is -2.30. The topological polar surface area (TPSA) is 34.0 Å². The molecule has 0 atom stereocenters. The Balaban J connectivity index is 1.63. The Morgan fingerprint density at radius 3 is 2.31 bits per heavy atom. The highest BCUT2D eigenvalue weighted by atomic mass is 35.5. The smallest absolute Gasteiger partial charge is 0.194 e. The molecule has 0 aliphatic carbocycles. The van der Waals surface area contributed by atoms with E-state index in [1.165, 1.54) is 5.56 Å². The molecule has 26 heavy (non-hydrogen) atoms. The van der Waals surface area contributed by atoms with Gasteiger partial charge in [-0.2, -0.15) is 0 Å². The van der Waals surface area contributed by atoms with E-state index in [0.29, 0.717) is 0 Å². The van der Waals surface area contributed by atoms with Gasteiger partial charge in [0.05, 0.1) is 12.5 Å². The van der Waals surface area contributed by atoms with E-state index in [-0.39, 0.29) is 5.41 Å². The Hall–Kier alpha value is -1.98. The standard InChI is InChI=1S/C20H21ClN4S/c1-20(2,3)15-6-4-14(5-7-15)18-22-23-19-25(18)12-24(13-26-19)17-10-8-16(21)9-11-17/h4-11H,12-13H2,1-3H3. The second-order valence-corrected chi connectivity index (χ2v) is 8.84. The van der Waals surface area contributed by atoms with Crippen LogP contribution in [0.4, 0.5) is 5.69 Å². The van der Waals surface area contributed by atoms with Crippen molar-refractivity contribution in [1.82, 2.24) is 14.8 Å². The van der Waals surface area contributed by atoms with E-state index < -0.39 is 0 Å². The van der Waals surface area contributed by atoms with Crippen molar-refractivity contribution in [2.45, 2.75) is 38.0 Å². The number of nitrogens with zero attached hydrogens (tertiary/aromatic N) is 4. The van der Waals surface area contributed by atoms with E-state index in [1.54, 1.807) is 11.8 Å². The highest BCUT2D eigenvalue weighted by Gasteiger charge is 2.23. The molecule has 0 saturated heterocycles. The van der Waals surface area contributed by atoms with Gasteiger partial charge in [0.15, 0.2) is 11.0 Å². The van der Waals surface area contributed by atoms with Crippen LogP contribution >= 0.6 is 23.4 Å². The van der Waals surface area contributed by atoms with E-state index >= 15 is 0 Å². The second-order valence-electron chi connectivity index (χ2n) is 7.49. The van der Waals surface area contributed by atoms with Gasteiger partial charge in [0.25, 0.3) is 0 Å². The molecule has 2 heterocycles. The van der Waals surface area contributed by atoms with E-state index in [9.17, 15) is 0 Å². The van der Waals surface area contributed by atoms with Crippen molar-refractivity contribution in [3.8, 4) is 11.4 Å². The summed E-state index contributed by atoms with van der Waals surface area (Å²) in [5, 5.41) is 10.5. The van der Waals surface area contributed by atoms with E-state index in [1.807, 2.05) is 12.1 Å². The fourth-order valence-electron chi connectivity index (χ4n) is 3.01. The summed E-state index contributed by atoms with van der Waals surface area (Å²) in [6.07, 6.45) is 0. The number of aromatic nitrogens is 3. The minimum absolute atomic E-state index is 0.143. The van der Waals surface area contributed by atoms with Crippen molar-refractivity contribution in [3.05, 3.63) is 59.1 Å². The van der Waals surface area contributed by atoms with Crippen molar-refractivity contribution in [2.24, 2.45) is 0 Å². The minimum atomic E-state index is 0.143. The van der Waals surface area contributed by atoms with Crippen LogP contribution in [0.1, 0.15) is 26.3 Å². The van der Waals surface area contributed by atoms with Gasteiger partial charge in [-0.15, -0.1) is 10.2 Å². The third-order valence-corrected chi connectivity index (χ3v) is 5.83. The number of benzene rings is 2. The molecule has 134 valence electrons. The number of thioether (sulfide) groups is 1. The summed E-state index contributed by atoms with van der Waals surface area (Å²) >= 11 is 7.72. The molecule has 1 aliphatic heterocycles. The van der Waals surface area contributed by atoms with Gasteiger partial charge in [-0.05, 0) is 35.2 Å². The van der Waals surface area contributed by atoms with Gasteiger partial charge >= 0.3 is 0 Å². The van der Waals surface area contributed by atoms with Crippen LogP contribution in [0.5, 0.6) is 0 Å². The lowest BCUT2D eigenvalue weighted by atomic mass is 9.87. The molecule has 6 heteroatoms. The SMILES string of the molecule is CC(C)(C)c1ccc(-c2nnc3n2CN(c2ccc(Cl)cc2)CS3)cc1. The second kappa shape index (κ2) is 6.63. The van der Waals surface area contributed by atoms with Crippen molar-refractivity contribution < 1.29 is 0 Å². The molecule has 3 aromatic rings. The van der Waals surface area contributed by atoms with Crippen molar-refractivity contribution in [2.75, 3.05) is 10.8 Å². The molecule has 0 N–H and O–H groups in total. The van der Waals surface area contributed by atoms with Crippen LogP contribution in [0.15, 0.2) is 53.7 Å². The molecule has 1 aromatic heterocycles. The first-order valence-corrected chi connectivity index (χ1v) is 9.95. The fourth-order valence-corrected chi connectivity index (χ4v) is 4.04. The summed E-state index contributed by atoms with van der Waals surface area (Å²) in [5.41, 5.74) is 3.70. The maximum Gasteiger partial charge on any atom is 0.194 e. The molecule has 4 nitrogen and oxygen atoms in total. The first-order chi connectivity index (χ1) is 12.4. The highest BCUT2D eigenvalue weighted by molar-refractivity contribution is 7.99. The summed E-state index contributed by atoms with van der Waals surface area (Å²) in [6, 6.07) is 16.6. The van der Waals surface area contributed by atoms with E-state index in [4.69, 9.17) is 11.6 Å². The quantitative estimate of drug-likeness (QED) is 0.590. The minimum Gasteiger partial charge on any atom is -0.344 e. The molecule has 0 bridgehead atoms. The number of fused-ring (bicyclic) bond motifs is 1. The zero-order chi connectivity index (χ0) is 18.3. The van der Waals surface area contributed by atoms with Crippen molar-refractivity contribution >= 4 is 29.1 Å². The largest absolute Gasteiger partial charge is 0.344 e. The van der Waals surface area contributed by atoms with Gasteiger partial charge in [0.1, 0.15) is 0 Å². The molecule has 0 amide bonds. The molecule has 4 rings (SSSR count). The lowest BCUT2D eigenvalue weighted by Gasteiger charge is -2.29. The fraction of sp³-hybridized carbons (Fsp3) is 0.300. The molecule has 0 saturated carbocycles. The number of hydrogen-bond acceptors (Lipinski definition) is 4. The molecule has 0 spiro atoms. The van der Waals surface area contributed by atoms with Gasteiger partial charge < -0.3 is 4.90 Å². The Morgan fingerprint density at radius 1 is 0.962 bits per heavy atom. The molecule has 0 unspecified atom stereocenters. The Kier molecular flexibility index (Phi) is 4.45. The average molecular weight is 385 g/mol. The summed E-state index contributed by atoms with van der Waals surface area (Å²) < 4.78 is 2.18. The van der Waals surface area contributed by atoms with Crippen molar-refractivity contribution in [3.63, 3.8) is 0 Å². The molecule has 1 aliphatic rings. The van der Waals surface area contributed by atoms with Gasteiger partial charge in [-0.25, -0.2) is 0 Å². The van der Waals surface area contributed by atoms with Gasteiger partial charge in [0.2, 0.25) is 0 Å². The molecule has 2 aromatic carbocycles. The van der Waals surface area contributed by atoms with Crippen LogP contribution in [0, 0.1) is 0 Å². The Bertz CT molecular complexity index is 910. The number of rotatable bonds is 2. The lowest BCUT2D eigenvalue weighted by molar-refractivity contribution is 0.590. The Morgan fingerprint density at radius 2 is 1.65 bits per heavy atom. The first-order valence-electron chi connectivity index (χ1n) is 8.59. The molecule has 0 radical (unpaired) electrons. The van der Waals surface area contributed by atoms with E-state index in [0.717, 1.165) is 39.8 Å². The summed E-state index contributed by atoms with van der Waals surface area (Å²) in [6.45, 7) is 7.40. The van der Waals surface area contributed by atoms with Crippen LogP contribution in [0.3, 0.4) is 0 Å². The van der Waals surface area contributed by atoms with Crippen molar-refractivity contribution in [1.29, 1.82) is 0 Å². The third-order valence-electron chi connectivity index (χ3n) is 4.58. The summed E-state index contributed by atoms with van der Waals surface area (Å²) in [5.74, 6) is 1.76. The number of hydrogen-bond donors (Lipinski definition) is 0. The Labute approximate surface area is 163 Å². The normalized spacial score (nSPS) is 14.4. The van der Waals surface area contributed by atoms with Crippen LogP contribution < -0.4 is 4.90 Å². The highest BCUT2D eigenvalue weighted by Crippen LogP contribution is 2.32. The van der Waals surface area contributed by atoms with Crippen LogP contribution in [0.25, 0.3) is 11.4 Å². The monoisotopic (exact) mass is 384 g/mol. The van der Waals surface area contributed by atoms with Crippen LogP contribution in [-0.2, 0) is 12.1 Å². The molecular weight excluding hydrogens is 364 g/mol. The predicted molar refractivity (Wildman–Crippen MR) is 109 cm³/mol. The summed E-state index contributed by atoms with van der Waals surface area (Å²) in [7, 11) is 0. The molecular formula is C20H21ClN4S. The maximum absolute atomic E-state index is 6.02. The average Bonchev–Trinajstić information content (AvgIpc) is 3.05. The predicted octanol–water partition coefficient (Wildman–Crippen LogP) is 5.42. The number of anilines is 1. The van der Waals surface area contributed by atoms with Gasteiger partial charge in [0, 0.05) is 16.3 Å². The van der Waals surface area contributed by atoms with Gasteiger partial charge in [-0.3, -0.25) is 4.57 Å².